The van der Waals surface area contributed by atoms with Gasteiger partial charge in [0.15, 0.2) is 12.6 Å². The van der Waals surface area contributed by atoms with Crippen molar-refractivity contribution in [2.24, 2.45) is 4.99 Å². The monoisotopic (exact) mass is 386 g/mol. The molecule has 2 aromatic heterocycles. The second kappa shape index (κ2) is 9.42. The summed E-state index contributed by atoms with van der Waals surface area (Å²) in [5.41, 5.74) is 0.755. The van der Waals surface area contributed by atoms with Gasteiger partial charge in [-0.2, -0.15) is 13.2 Å². The molecule has 0 saturated carbocycles. The molecule has 0 aliphatic heterocycles. The van der Waals surface area contributed by atoms with E-state index < -0.39 is 12.8 Å². The third kappa shape index (κ3) is 6.91. The molecule has 0 aliphatic rings. The van der Waals surface area contributed by atoms with Crippen LogP contribution in [0.2, 0.25) is 0 Å². The molecule has 9 heteroatoms. The molecule has 2 rings (SSSR count). The Morgan fingerprint density at radius 2 is 2.19 bits per heavy atom. The minimum Gasteiger partial charge on any atom is -0.468 e. The van der Waals surface area contributed by atoms with E-state index in [2.05, 4.69) is 26.1 Å². The molecule has 0 aromatic carbocycles. The van der Waals surface area contributed by atoms with Crippen LogP contribution in [0.3, 0.4) is 0 Å². The average Bonchev–Trinajstić information content (AvgIpc) is 3.12. The highest BCUT2D eigenvalue weighted by Gasteiger charge is 2.28. The van der Waals surface area contributed by atoms with Gasteiger partial charge in [0, 0.05) is 44.3 Å². The first kappa shape index (κ1) is 20.0. The van der Waals surface area contributed by atoms with Crippen molar-refractivity contribution in [2.75, 3.05) is 27.2 Å². The summed E-state index contributed by atoms with van der Waals surface area (Å²) in [4.78, 5) is 11.3. The summed E-state index contributed by atoms with van der Waals surface area (Å²) in [6.45, 7) is -0.151. The standard InChI is InChI=1S/C17H21F3N4OS/c1-21-16(24(2)8-6-14-4-3-9-26-14)23-11-13-5-7-22-15(10-13)25-12-17(18,19)20/h3-5,7,9-10H,6,8,11-12H2,1-2H3,(H,21,23). The van der Waals surface area contributed by atoms with Gasteiger partial charge in [-0.3, -0.25) is 4.99 Å². The third-order valence-corrected chi connectivity index (χ3v) is 4.42. The normalized spacial score (nSPS) is 12.1. The molecule has 0 saturated heterocycles. The number of likely N-dealkylation sites (N-methyl/N-ethyl adjacent to an activating group) is 1. The molecular formula is C17H21F3N4OS. The van der Waals surface area contributed by atoms with Crippen molar-refractivity contribution >= 4 is 17.3 Å². The molecule has 26 heavy (non-hydrogen) atoms. The van der Waals surface area contributed by atoms with Crippen molar-refractivity contribution in [3.8, 4) is 5.88 Å². The molecule has 5 nitrogen and oxygen atoms in total. The lowest BCUT2D eigenvalue weighted by atomic mass is 10.2. The molecule has 142 valence electrons. The van der Waals surface area contributed by atoms with Crippen LogP contribution < -0.4 is 10.1 Å². The fourth-order valence-corrected chi connectivity index (χ4v) is 2.90. The number of rotatable bonds is 7. The van der Waals surface area contributed by atoms with Gasteiger partial charge >= 0.3 is 6.18 Å². The molecular weight excluding hydrogens is 365 g/mol. The summed E-state index contributed by atoms with van der Waals surface area (Å²) in [5, 5.41) is 5.23. The summed E-state index contributed by atoms with van der Waals surface area (Å²) in [6.07, 6.45) is -2.05. The molecule has 1 N–H and O–H groups in total. The number of thiophene rings is 1. The van der Waals surface area contributed by atoms with E-state index in [9.17, 15) is 13.2 Å². The minimum atomic E-state index is -4.39. The van der Waals surface area contributed by atoms with E-state index in [-0.39, 0.29) is 5.88 Å². The second-order valence-corrected chi connectivity index (χ2v) is 6.59. The van der Waals surface area contributed by atoms with Crippen LogP contribution in [0.25, 0.3) is 0 Å². The predicted octanol–water partition coefficient (Wildman–Crippen LogP) is 3.33. The van der Waals surface area contributed by atoms with Crippen LogP contribution >= 0.6 is 11.3 Å². The number of aromatic nitrogens is 1. The Kier molecular flexibility index (Phi) is 7.26. The number of nitrogens with zero attached hydrogens (tertiary/aromatic N) is 3. The van der Waals surface area contributed by atoms with Crippen molar-refractivity contribution in [2.45, 2.75) is 19.1 Å². The van der Waals surface area contributed by atoms with Gasteiger partial charge in [0.1, 0.15) is 0 Å². The van der Waals surface area contributed by atoms with E-state index in [0.29, 0.717) is 12.5 Å². The number of alkyl halides is 3. The topological polar surface area (TPSA) is 49.8 Å². The first-order valence-electron chi connectivity index (χ1n) is 7.96. The maximum atomic E-state index is 12.2. The summed E-state index contributed by atoms with van der Waals surface area (Å²) >= 11 is 1.71. The summed E-state index contributed by atoms with van der Waals surface area (Å²) in [7, 11) is 3.63. The van der Waals surface area contributed by atoms with Crippen LogP contribution in [-0.2, 0) is 13.0 Å². The Bertz CT molecular complexity index is 704. The van der Waals surface area contributed by atoms with Crippen LogP contribution in [0.4, 0.5) is 13.2 Å². The van der Waals surface area contributed by atoms with Crippen molar-refractivity contribution in [1.82, 2.24) is 15.2 Å². The highest BCUT2D eigenvalue weighted by molar-refractivity contribution is 7.09. The minimum absolute atomic E-state index is 0.0531. The molecule has 0 atom stereocenters. The Hall–Kier alpha value is -2.29. The van der Waals surface area contributed by atoms with Crippen LogP contribution in [0.5, 0.6) is 5.88 Å². The first-order chi connectivity index (χ1) is 12.4. The SMILES string of the molecule is CN=C(NCc1ccnc(OCC(F)(F)F)c1)N(C)CCc1cccs1. The quantitative estimate of drug-likeness (QED) is 0.586. The summed E-state index contributed by atoms with van der Waals surface area (Å²) < 4.78 is 41.3. The Morgan fingerprint density at radius 1 is 1.38 bits per heavy atom. The number of halogens is 3. The number of hydrogen-bond donors (Lipinski definition) is 1. The number of aliphatic imine (C=N–C) groups is 1. The lowest BCUT2D eigenvalue weighted by molar-refractivity contribution is -0.154. The van der Waals surface area contributed by atoms with Gasteiger partial charge in [-0.15, -0.1) is 11.3 Å². The van der Waals surface area contributed by atoms with Gasteiger partial charge in [0.05, 0.1) is 0 Å². The predicted molar refractivity (Wildman–Crippen MR) is 96.6 cm³/mol. The highest BCUT2D eigenvalue weighted by Crippen LogP contribution is 2.17. The van der Waals surface area contributed by atoms with E-state index >= 15 is 0 Å². The van der Waals surface area contributed by atoms with Crippen molar-refractivity contribution in [3.05, 3.63) is 46.3 Å². The highest BCUT2D eigenvalue weighted by atomic mass is 32.1. The molecule has 0 unspecified atom stereocenters. The maximum absolute atomic E-state index is 12.2. The lowest BCUT2D eigenvalue weighted by Gasteiger charge is -2.22. The molecule has 0 amide bonds. The van der Waals surface area contributed by atoms with Crippen LogP contribution in [-0.4, -0.2) is 49.3 Å². The first-order valence-corrected chi connectivity index (χ1v) is 8.84. The second-order valence-electron chi connectivity index (χ2n) is 5.56. The number of ether oxygens (including phenoxy) is 1. The molecule has 2 aromatic rings. The van der Waals surface area contributed by atoms with E-state index in [4.69, 9.17) is 0 Å². The van der Waals surface area contributed by atoms with Crippen LogP contribution in [0.1, 0.15) is 10.4 Å². The van der Waals surface area contributed by atoms with Crippen LogP contribution in [0, 0.1) is 0 Å². The smallest absolute Gasteiger partial charge is 0.422 e. The average molecular weight is 386 g/mol. The maximum Gasteiger partial charge on any atom is 0.422 e. The molecule has 0 aliphatic carbocycles. The zero-order valence-corrected chi connectivity index (χ0v) is 15.4. The Morgan fingerprint density at radius 3 is 2.85 bits per heavy atom. The van der Waals surface area contributed by atoms with Gasteiger partial charge in [-0.25, -0.2) is 4.98 Å². The number of nitrogens with one attached hydrogen (secondary N) is 1. The summed E-state index contributed by atoms with van der Waals surface area (Å²) in [6, 6.07) is 7.31. The van der Waals surface area contributed by atoms with Gasteiger partial charge < -0.3 is 15.0 Å². The van der Waals surface area contributed by atoms with Gasteiger partial charge in [0.25, 0.3) is 0 Å². The lowest BCUT2D eigenvalue weighted by Crippen LogP contribution is -2.39. The van der Waals surface area contributed by atoms with Gasteiger partial charge in [0.2, 0.25) is 5.88 Å². The number of pyridine rings is 1. The van der Waals surface area contributed by atoms with E-state index in [1.807, 2.05) is 23.4 Å². The van der Waals surface area contributed by atoms with E-state index in [1.165, 1.54) is 17.1 Å². The molecule has 0 fully saturated rings. The van der Waals surface area contributed by atoms with Crippen molar-refractivity contribution < 1.29 is 17.9 Å². The fourth-order valence-electron chi connectivity index (χ4n) is 2.20. The van der Waals surface area contributed by atoms with Crippen molar-refractivity contribution in [3.63, 3.8) is 0 Å². The van der Waals surface area contributed by atoms with Crippen molar-refractivity contribution in [1.29, 1.82) is 0 Å². The zero-order chi connectivity index (χ0) is 19.0. The molecule has 0 radical (unpaired) electrons. The third-order valence-electron chi connectivity index (χ3n) is 3.48. The van der Waals surface area contributed by atoms with Crippen LogP contribution in [0.15, 0.2) is 40.8 Å². The summed E-state index contributed by atoms with van der Waals surface area (Å²) in [5.74, 6) is 0.652. The van der Waals surface area contributed by atoms with Gasteiger partial charge in [-0.05, 0) is 29.5 Å². The molecule has 2 heterocycles. The number of guanidine groups is 1. The molecule has 0 bridgehead atoms. The molecule has 0 spiro atoms. The van der Waals surface area contributed by atoms with E-state index in [1.54, 1.807) is 24.5 Å². The largest absolute Gasteiger partial charge is 0.468 e. The Labute approximate surface area is 154 Å². The zero-order valence-electron chi connectivity index (χ0n) is 14.6. The fraction of sp³-hybridized carbons (Fsp3) is 0.412. The Balaban J connectivity index is 1.85. The number of hydrogen-bond acceptors (Lipinski definition) is 4. The van der Waals surface area contributed by atoms with Gasteiger partial charge in [-0.1, -0.05) is 6.07 Å². The van der Waals surface area contributed by atoms with E-state index in [0.717, 1.165) is 18.5 Å².